The van der Waals surface area contributed by atoms with Crippen LogP contribution in [0.5, 0.6) is 5.75 Å². The lowest BCUT2D eigenvalue weighted by Crippen LogP contribution is -2.47. The minimum atomic E-state index is -1.10. The highest BCUT2D eigenvalue weighted by atomic mass is 16.5. The minimum Gasteiger partial charge on any atom is -0.441 e. The predicted octanol–water partition coefficient (Wildman–Crippen LogP) is 1.32. The monoisotopic (exact) mass is 228 g/mol. The molecule has 4 heteroatoms. The van der Waals surface area contributed by atoms with E-state index in [0.717, 1.165) is 0 Å². The molecule has 0 fully saturated rings. The van der Waals surface area contributed by atoms with Crippen LogP contribution in [-0.2, 0) is 0 Å². The fraction of sp³-hybridized carbons (Fsp3) is 0.154. The molecule has 2 N–H and O–H groups in total. The van der Waals surface area contributed by atoms with Crippen molar-refractivity contribution in [2.75, 3.05) is 6.61 Å². The number of nitrogens with one attached hydrogen (secondary N) is 1. The number of para-hydroxylation sites is 1. The Kier molecular flexibility index (Phi) is 3.12. The van der Waals surface area contributed by atoms with E-state index in [1.165, 1.54) is 0 Å². The van der Waals surface area contributed by atoms with E-state index in [1.54, 1.807) is 18.2 Å². The van der Waals surface area contributed by atoms with Crippen molar-refractivity contribution in [2.45, 2.75) is 5.54 Å². The molecular weight excluding hydrogens is 216 g/mol. The molecule has 1 aromatic rings. The molecule has 1 unspecified atom stereocenters. The molecule has 17 heavy (non-hydrogen) atoms. The van der Waals surface area contributed by atoms with Gasteiger partial charge in [0.1, 0.15) is 5.75 Å². The average Bonchev–Trinajstić information content (AvgIpc) is 2.40. The zero-order valence-electron chi connectivity index (χ0n) is 9.13. The van der Waals surface area contributed by atoms with Crippen LogP contribution in [-0.4, -0.2) is 17.3 Å². The fourth-order valence-corrected chi connectivity index (χ4v) is 1.47. The molecule has 1 aromatic carbocycles. The van der Waals surface area contributed by atoms with Gasteiger partial charge in [-0.1, -0.05) is 24.3 Å². The summed E-state index contributed by atoms with van der Waals surface area (Å²) in [5, 5.41) is 21.1. The van der Waals surface area contributed by atoms with Crippen molar-refractivity contribution < 1.29 is 9.84 Å². The summed E-state index contributed by atoms with van der Waals surface area (Å²) in [5.41, 5.74) is -1.10. The molecule has 4 nitrogen and oxygen atoms in total. The molecule has 0 saturated carbocycles. The number of ether oxygens (including phenoxy) is 1. The van der Waals surface area contributed by atoms with E-state index >= 15 is 0 Å². The number of nitrogens with zero attached hydrogens (tertiary/aromatic N) is 1. The highest BCUT2D eigenvalue weighted by Gasteiger charge is 2.29. The van der Waals surface area contributed by atoms with E-state index in [-0.39, 0.29) is 6.61 Å². The predicted molar refractivity (Wildman–Crippen MR) is 62.9 cm³/mol. The van der Waals surface area contributed by atoms with Crippen LogP contribution in [0.2, 0.25) is 0 Å². The largest absolute Gasteiger partial charge is 0.441 e. The number of hydrogen-bond donors (Lipinski definition) is 2. The van der Waals surface area contributed by atoms with Gasteiger partial charge in [-0.2, -0.15) is 5.26 Å². The number of hydrogen-bond acceptors (Lipinski definition) is 4. The first-order valence-electron chi connectivity index (χ1n) is 5.21. The van der Waals surface area contributed by atoms with Crippen LogP contribution in [0.4, 0.5) is 0 Å². The van der Waals surface area contributed by atoms with Crippen molar-refractivity contribution in [3.8, 4) is 11.8 Å². The molecular formula is C13H12N2O2. The summed E-state index contributed by atoms with van der Waals surface area (Å²) in [5.74, 6) is 1.11. The molecule has 2 rings (SSSR count). The molecule has 86 valence electrons. The summed E-state index contributed by atoms with van der Waals surface area (Å²) < 4.78 is 5.55. The molecule has 0 bridgehead atoms. The van der Waals surface area contributed by atoms with Gasteiger partial charge in [-0.05, 0) is 24.3 Å². The first-order chi connectivity index (χ1) is 8.28. The Balaban J connectivity index is 2.12. The van der Waals surface area contributed by atoms with Gasteiger partial charge in [-0.3, -0.25) is 0 Å². The SMILES string of the molecule is N#CC1(CO)C=CC=C(Oc2ccccc2)N1. The van der Waals surface area contributed by atoms with E-state index in [0.29, 0.717) is 11.6 Å². The number of benzene rings is 1. The van der Waals surface area contributed by atoms with Gasteiger partial charge in [0, 0.05) is 0 Å². The topological polar surface area (TPSA) is 65.3 Å². The zero-order valence-corrected chi connectivity index (χ0v) is 9.13. The fourth-order valence-electron chi connectivity index (χ4n) is 1.47. The Hall–Kier alpha value is -2.25. The van der Waals surface area contributed by atoms with E-state index in [9.17, 15) is 5.11 Å². The number of aliphatic hydroxyl groups is 1. The summed E-state index contributed by atoms with van der Waals surface area (Å²) in [6, 6.07) is 11.3. The summed E-state index contributed by atoms with van der Waals surface area (Å²) in [4.78, 5) is 0. The summed E-state index contributed by atoms with van der Waals surface area (Å²) in [7, 11) is 0. The molecule has 0 aromatic heterocycles. The molecule has 0 radical (unpaired) electrons. The Bertz CT molecular complexity index is 488. The van der Waals surface area contributed by atoms with Crippen LogP contribution in [0.3, 0.4) is 0 Å². The smallest absolute Gasteiger partial charge is 0.194 e. The van der Waals surface area contributed by atoms with Gasteiger partial charge in [0.15, 0.2) is 11.4 Å². The minimum absolute atomic E-state index is 0.310. The number of nitriles is 1. The van der Waals surface area contributed by atoms with Gasteiger partial charge in [0.25, 0.3) is 0 Å². The van der Waals surface area contributed by atoms with Gasteiger partial charge in [-0.15, -0.1) is 0 Å². The Labute approximate surface area is 99.5 Å². The number of aliphatic hydroxyl groups excluding tert-OH is 1. The lowest BCUT2D eigenvalue weighted by atomic mass is 10.0. The van der Waals surface area contributed by atoms with Gasteiger partial charge in [0.05, 0.1) is 12.7 Å². The third-order valence-corrected chi connectivity index (χ3v) is 2.39. The van der Waals surface area contributed by atoms with Crippen LogP contribution in [0.25, 0.3) is 0 Å². The molecule has 0 spiro atoms. The quantitative estimate of drug-likeness (QED) is 0.819. The van der Waals surface area contributed by atoms with Crippen LogP contribution >= 0.6 is 0 Å². The van der Waals surface area contributed by atoms with Gasteiger partial charge in [-0.25, -0.2) is 0 Å². The van der Waals surface area contributed by atoms with E-state index in [2.05, 4.69) is 5.32 Å². The molecule has 0 aliphatic carbocycles. The lowest BCUT2D eigenvalue weighted by molar-refractivity contribution is 0.219. The first kappa shape index (κ1) is 11.2. The highest BCUT2D eigenvalue weighted by Crippen LogP contribution is 2.17. The van der Waals surface area contributed by atoms with E-state index < -0.39 is 5.54 Å². The van der Waals surface area contributed by atoms with E-state index in [1.807, 2.05) is 36.4 Å². The maximum absolute atomic E-state index is 9.21. The van der Waals surface area contributed by atoms with E-state index in [4.69, 9.17) is 10.00 Å². The number of dihydropyridines is 1. The lowest BCUT2D eigenvalue weighted by Gasteiger charge is -2.27. The van der Waals surface area contributed by atoms with Crippen LogP contribution in [0.15, 0.2) is 54.4 Å². The molecule has 0 amide bonds. The molecule has 1 aliphatic heterocycles. The molecule has 1 aliphatic rings. The normalized spacial score (nSPS) is 22.2. The Morgan fingerprint density at radius 2 is 2.12 bits per heavy atom. The highest BCUT2D eigenvalue weighted by molar-refractivity contribution is 5.32. The van der Waals surface area contributed by atoms with Gasteiger partial charge in [0.2, 0.25) is 0 Å². The molecule has 1 heterocycles. The van der Waals surface area contributed by atoms with Gasteiger partial charge >= 0.3 is 0 Å². The van der Waals surface area contributed by atoms with Crippen molar-refractivity contribution in [2.24, 2.45) is 0 Å². The third-order valence-electron chi connectivity index (χ3n) is 2.39. The van der Waals surface area contributed by atoms with Crippen LogP contribution < -0.4 is 10.1 Å². The standard InChI is InChI=1S/C13H12N2O2/c14-9-13(10-16)8-4-7-12(15-13)17-11-5-2-1-3-6-11/h1-8,15-16H,10H2. The third kappa shape index (κ3) is 2.47. The van der Waals surface area contributed by atoms with Crippen molar-refractivity contribution >= 4 is 0 Å². The van der Waals surface area contributed by atoms with Crippen molar-refractivity contribution in [1.29, 1.82) is 5.26 Å². The zero-order chi connectivity index (χ0) is 12.1. The second kappa shape index (κ2) is 4.73. The number of rotatable bonds is 3. The number of allylic oxidation sites excluding steroid dienone is 2. The van der Waals surface area contributed by atoms with Crippen molar-refractivity contribution in [3.63, 3.8) is 0 Å². The maximum Gasteiger partial charge on any atom is 0.194 e. The van der Waals surface area contributed by atoms with Crippen molar-refractivity contribution in [3.05, 3.63) is 54.4 Å². The Morgan fingerprint density at radius 1 is 1.35 bits per heavy atom. The maximum atomic E-state index is 9.21. The summed E-state index contributed by atoms with van der Waals surface area (Å²) in [6.45, 7) is -0.310. The average molecular weight is 228 g/mol. The second-order valence-corrected chi connectivity index (χ2v) is 3.67. The molecule has 1 atom stereocenters. The molecule has 0 saturated heterocycles. The van der Waals surface area contributed by atoms with Gasteiger partial charge < -0.3 is 15.2 Å². The van der Waals surface area contributed by atoms with Crippen LogP contribution in [0.1, 0.15) is 0 Å². The second-order valence-electron chi connectivity index (χ2n) is 3.67. The Morgan fingerprint density at radius 3 is 2.76 bits per heavy atom. The van der Waals surface area contributed by atoms with Crippen molar-refractivity contribution in [1.82, 2.24) is 5.32 Å². The van der Waals surface area contributed by atoms with Crippen LogP contribution in [0, 0.1) is 11.3 Å². The first-order valence-corrected chi connectivity index (χ1v) is 5.21. The summed E-state index contributed by atoms with van der Waals surface area (Å²) in [6.07, 6.45) is 5.00. The summed E-state index contributed by atoms with van der Waals surface area (Å²) >= 11 is 0.